The van der Waals surface area contributed by atoms with E-state index in [4.69, 9.17) is 16.3 Å². The minimum absolute atomic E-state index is 0.329. The second-order valence-corrected chi connectivity index (χ2v) is 4.72. The van der Waals surface area contributed by atoms with Crippen LogP contribution in [0.4, 0.5) is 4.39 Å². The molecule has 2 nitrogen and oxygen atoms in total. The Morgan fingerprint density at radius 2 is 2.19 bits per heavy atom. The molecule has 0 atom stereocenters. The van der Waals surface area contributed by atoms with Gasteiger partial charge >= 0.3 is 0 Å². The zero-order valence-electron chi connectivity index (χ0n) is 11.5. The number of benzene rings is 1. The van der Waals surface area contributed by atoms with Crippen LogP contribution in [0.2, 0.25) is 0 Å². The molecule has 0 radical (unpaired) electrons. The maximum absolute atomic E-state index is 13.3. The number of rotatable bonds is 5. The van der Waals surface area contributed by atoms with Crippen LogP contribution in [0.15, 0.2) is 42.7 Å². The lowest BCUT2D eigenvalue weighted by molar-refractivity contribution is 0.320. The number of halogens is 2. The predicted octanol–water partition coefficient (Wildman–Crippen LogP) is 3.82. The van der Waals surface area contributed by atoms with E-state index >= 15 is 0 Å². The molecule has 2 rings (SSSR count). The van der Waals surface area contributed by atoms with Gasteiger partial charge in [0.05, 0.1) is 12.2 Å². The molecule has 4 heteroatoms. The van der Waals surface area contributed by atoms with Gasteiger partial charge in [-0.05, 0) is 29.8 Å². The summed E-state index contributed by atoms with van der Waals surface area (Å²) in [5.41, 5.74) is 1.64. The van der Waals surface area contributed by atoms with Crippen molar-refractivity contribution < 1.29 is 9.13 Å². The summed E-state index contributed by atoms with van der Waals surface area (Å²) in [6.07, 6.45) is 4.83. The molecule has 0 aliphatic carbocycles. The van der Waals surface area contributed by atoms with Crippen LogP contribution < -0.4 is 4.74 Å². The molecule has 0 bridgehead atoms. The number of aromatic nitrogens is 1. The third-order valence-electron chi connectivity index (χ3n) is 2.76. The molecule has 2 aromatic rings. The number of ether oxygens (including phenoxy) is 1. The summed E-state index contributed by atoms with van der Waals surface area (Å²) in [5.74, 6) is 6.49. The van der Waals surface area contributed by atoms with Crippen LogP contribution >= 0.6 is 11.6 Å². The van der Waals surface area contributed by atoms with Crippen molar-refractivity contribution in [2.45, 2.75) is 12.8 Å². The van der Waals surface area contributed by atoms with Gasteiger partial charge in [-0.1, -0.05) is 17.9 Å². The lowest BCUT2D eigenvalue weighted by Gasteiger charge is -2.08. The van der Waals surface area contributed by atoms with Crippen LogP contribution in [0.1, 0.15) is 17.5 Å². The molecule has 0 saturated carbocycles. The SMILES string of the molecule is Fc1ccc(OCCc2cccnc2)c(C#CCCCl)c1. The highest BCUT2D eigenvalue weighted by Crippen LogP contribution is 2.19. The monoisotopic (exact) mass is 303 g/mol. The fourth-order valence-electron chi connectivity index (χ4n) is 1.76. The molecule has 1 aromatic heterocycles. The molecule has 1 aromatic carbocycles. The molecule has 0 spiro atoms. The van der Waals surface area contributed by atoms with Crippen molar-refractivity contribution in [2.75, 3.05) is 12.5 Å². The largest absolute Gasteiger partial charge is 0.492 e. The van der Waals surface area contributed by atoms with E-state index in [1.807, 2.05) is 12.1 Å². The summed E-state index contributed by atoms with van der Waals surface area (Å²) >= 11 is 5.58. The maximum Gasteiger partial charge on any atom is 0.135 e. The van der Waals surface area contributed by atoms with Gasteiger partial charge in [-0.2, -0.15) is 0 Å². The minimum atomic E-state index is -0.329. The third kappa shape index (κ3) is 5.09. The lowest BCUT2D eigenvalue weighted by Crippen LogP contribution is -2.03. The fraction of sp³-hybridized carbons (Fsp3) is 0.235. The zero-order chi connectivity index (χ0) is 14.9. The molecule has 0 fully saturated rings. The standard InChI is InChI=1S/C17H15ClFNO/c18-9-2-1-5-15-12-16(19)6-7-17(15)21-11-8-14-4-3-10-20-13-14/h3-4,6-7,10,12-13H,2,8-9,11H2. The summed E-state index contributed by atoms with van der Waals surface area (Å²) in [7, 11) is 0. The van der Waals surface area contributed by atoms with E-state index in [1.54, 1.807) is 18.5 Å². The van der Waals surface area contributed by atoms with Crippen LogP contribution in [0.3, 0.4) is 0 Å². The summed E-state index contributed by atoms with van der Waals surface area (Å²) < 4.78 is 19.0. The average molecular weight is 304 g/mol. The molecule has 0 aliphatic heterocycles. The second-order valence-electron chi connectivity index (χ2n) is 4.34. The molecule has 0 amide bonds. The Balaban J connectivity index is 2.01. The van der Waals surface area contributed by atoms with E-state index in [0.717, 1.165) is 12.0 Å². The molecule has 0 N–H and O–H groups in total. The Labute approximate surface area is 128 Å². The molecule has 0 aliphatic rings. The van der Waals surface area contributed by atoms with Gasteiger partial charge in [-0.25, -0.2) is 4.39 Å². The average Bonchev–Trinajstić information content (AvgIpc) is 2.51. The Morgan fingerprint density at radius 3 is 2.95 bits per heavy atom. The Morgan fingerprint density at radius 1 is 1.29 bits per heavy atom. The first-order valence-electron chi connectivity index (χ1n) is 6.65. The van der Waals surface area contributed by atoms with Gasteiger partial charge in [0.2, 0.25) is 0 Å². The van der Waals surface area contributed by atoms with Gasteiger partial charge in [-0.3, -0.25) is 4.98 Å². The number of hydrogen-bond donors (Lipinski definition) is 0. The molecule has 21 heavy (non-hydrogen) atoms. The number of alkyl halides is 1. The minimum Gasteiger partial charge on any atom is -0.492 e. The van der Waals surface area contributed by atoms with Crippen LogP contribution in [0.5, 0.6) is 5.75 Å². The maximum atomic E-state index is 13.3. The van der Waals surface area contributed by atoms with Crippen molar-refractivity contribution in [3.8, 4) is 17.6 Å². The van der Waals surface area contributed by atoms with E-state index in [9.17, 15) is 4.39 Å². The zero-order valence-corrected chi connectivity index (χ0v) is 12.2. The van der Waals surface area contributed by atoms with Crippen molar-refractivity contribution in [2.24, 2.45) is 0 Å². The van der Waals surface area contributed by atoms with Gasteiger partial charge in [-0.15, -0.1) is 11.6 Å². The summed E-state index contributed by atoms with van der Waals surface area (Å²) in [4.78, 5) is 4.05. The van der Waals surface area contributed by atoms with E-state index in [0.29, 0.717) is 30.2 Å². The third-order valence-corrected chi connectivity index (χ3v) is 2.94. The van der Waals surface area contributed by atoms with Crippen LogP contribution in [0, 0.1) is 17.7 Å². The van der Waals surface area contributed by atoms with E-state index in [2.05, 4.69) is 16.8 Å². The molecule has 0 unspecified atom stereocenters. The highest BCUT2D eigenvalue weighted by Gasteiger charge is 2.03. The number of hydrogen-bond acceptors (Lipinski definition) is 2. The van der Waals surface area contributed by atoms with Gasteiger partial charge < -0.3 is 4.74 Å². The van der Waals surface area contributed by atoms with Crippen molar-refractivity contribution in [1.29, 1.82) is 0 Å². The summed E-state index contributed by atoms with van der Waals surface area (Å²) in [6, 6.07) is 8.22. The molecule has 1 heterocycles. The smallest absolute Gasteiger partial charge is 0.135 e. The van der Waals surface area contributed by atoms with Crippen LogP contribution in [-0.4, -0.2) is 17.5 Å². The number of nitrogens with zero attached hydrogens (tertiary/aromatic N) is 1. The van der Waals surface area contributed by atoms with E-state index in [-0.39, 0.29) is 5.82 Å². The highest BCUT2D eigenvalue weighted by molar-refractivity contribution is 6.18. The molecule has 108 valence electrons. The highest BCUT2D eigenvalue weighted by atomic mass is 35.5. The quantitative estimate of drug-likeness (QED) is 0.619. The molecular formula is C17H15ClFNO. The van der Waals surface area contributed by atoms with Crippen molar-refractivity contribution >= 4 is 11.6 Å². The first-order valence-corrected chi connectivity index (χ1v) is 7.19. The van der Waals surface area contributed by atoms with Gasteiger partial charge in [0, 0.05) is 31.1 Å². The van der Waals surface area contributed by atoms with Crippen molar-refractivity contribution in [3.05, 3.63) is 59.7 Å². The van der Waals surface area contributed by atoms with Gasteiger partial charge in [0.15, 0.2) is 0 Å². The predicted molar refractivity (Wildman–Crippen MR) is 82.1 cm³/mol. The van der Waals surface area contributed by atoms with Gasteiger partial charge in [0.1, 0.15) is 11.6 Å². The normalized spacial score (nSPS) is 9.81. The number of pyridine rings is 1. The van der Waals surface area contributed by atoms with Gasteiger partial charge in [0.25, 0.3) is 0 Å². The first kappa shape index (κ1) is 15.3. The lowest BCUT2D eigenvalue weighted by atomic mass is 10.2. The fourth-order valence-corrected chi connectivity index (χ4v) is 1.85. The van der Waals surface area contributed by atoms with Crippen molar-refractivity contribution in [3.63, 3.8) is 0 Å². The molecule has 0 saturated heterocycles. The van der Waals surface area contributed by atoms with Crippen molar-refractivity contribution in [1.82, 2.24) is 4.98 Å². The Bertz CT molecular complexity index is 634. The van der Waals surface area contributed by atoms with Crippen LogP contribution in [0.25, 0.3) is 0 Å². The Hall–Kier alpha value is -2.05. The first-order chi connectivity index (χ1) is 10.3. The Kier molecular flexibility index (Phi) is 6.05. The summed E-state index contributed by atoms with van der Waals surface area (Å²) in [5, 5.41) is 0. The second kappa shape index (κ2) is 8.28. The van der Waals surface area contributed by atoms with Crippen LogP contribution in [-0.2, 0) is 6.42 Å². The topological polar surface area (TPSA) is 22.1 Å². The molecular weight excluding hydrogens is 289 g/mol. The summed E-state index contributed by atoms with van der Waals surface area (Å²) in [6.45, 7) is 0.488. The van der Waals surface area contributed by atoms with E-state index in [1.165, 1.54) is 12.1 Å². The van der Waals surface area contributed by atoms with E-state index < -0.39 is 0 Å².